The quantitative estimate of drug-likeness (QED) is 0.430. The number of anilines is 4. The van der Waals surface area contributed by atoms with E-state index in [1.807, 2.05) is 31.2 Å². The van der Waals surface area contributed by atoms with Crippen molar-refractivity contribution in [1.82, 2.24) is 15.4 Å². The number of amides is 1. The highest BCUT2D eigenvalue weighted by Gasteiger charge is 2.12. The second kappa shape index (κ2) is 9.27. The predicted molar refractivity (Wildman–Crippen MR) is 111 cm³/mol. The average molecular weight is 394 g/mol. The first-order valence-electron chi connectivity index (χ1n) is 8.92. The number of nitrogens with one attached hydrogen (secondary N) is 3. The van der Waals surface area contributed by atoms with Gasteiger partial charge in [0.25, 0.3) is 5.91 Å². The zero-order valence-electron chi connectivity index (χ0n) is 16.1. The van der Waals surface area contributed by atoms with Gasteiger partial charge < -0.3 is 20.5 Å². The summed E-state index contributed by atoms with van der Waals surface area (Å²) in [4.78, 5) is 20.5. The number of benzene rings is 2. The van der Waals surface area contributed by atoms with Gasteiger partial charge in [-0.25, -0.2) is 9.97 Å². The summed E-state index contributed by atoms with van der Waals surface area (Å²) in [5, 5.41) is 3.13. The summed E-state index contributed by atoms with van der Waals surface area (Å²) in [6.07, 6.45) is 1.34. The fourth-order valence-electron chi connectivity index (χ4n) is 2.50. The molecule has 1 heterocycles. The van der Waals surface area contributed by atoms with Crippen molar-refractivity contribution in [2.75, 3.05) is 30.2 Å². The van der Waals surface area contributed by atoms with Gasteiger partial charge in [0, 0.05) is 5.56 Å². The van der Waals surface area contributed by atoms with Crippen molar-refractivity contribution in [1.29, 1.82) is 0 Å². The van der Waals surface area contributed by atoms with E-state index in [9.17, 15) is 4.79 Å². The van der Waals surface area contributed by atoms with Crippen molar-refractivity contribution in [3.05, 3.63) is 60.4 Å². The van der Waals surface area contributed by atoms with Crippen LogP contribution in [0, 0.1) is 0 Å². The number of carbonyl (C=O) groups is 1. The molecule has 1 amide bonds. The Bertz CT molecular complexity index is 978. The van der Waals surface area contributed by atoms with Crippen LogP contribution in [0.4, 0.5) is 23.0 Å². The molecule has 150 valence electrons. The Labute approximate surface area is 168 Å². The molecule has 0 fully saturated rings. The monoisotopic (exact) mass is 394 g/mol. The van der Waals surface area contributed by atoms with E-state index in [1.54, 1.807) is 31.4 Å². The molecule has 0 aliphatic heterocycles. The van der Waals surface area contributed by atoms with Crippen molar-refractivity contribution in [3.8, 4) is 11.5 Å². The van der Waals surface area contributed by atoms with Gasteiger partial charge in [-0.2, -0.15) is 0 Å². The maximum absolute atomic E-state index is 12.3. The molecule has 2 aromatic carbocycles. The van der Waals surface area contributed by atoms with E-state index in [-0.39, 0.29) is 17.4 Å². The Balaban J connectivity index is 1.71. The van der Waals surface area contributed by atoms with Gasteiger partial charge in [0.1, 0.15) is 23.5 Å². The number of ether oxygens (including phenoxy) is 2. The summed E-state index contributed by atoms with van der Waals surface area (Å²) in [6, 6.07) is 14.1. The molecule has 5 N–H and O–H groups in total. The van der Waals surface area contributed by atoms with Crippen LogP contribution in [0.25, 0.3) is 0 Å². The number of rotatable bonds is 8. The Kier molecular flexibility index (Phi) is 6.31. The van der Waals surface area contributed by atoms with Gasteiger partial charge in [-0.05, 0) is 43.3 Å². The molecule has 9 heteroatoms. The van der Waals surface area contributed by atoms with Crippen LogP contribution in [0.2, 0.25) is 0 Å². The summed E-state index contributed by atoms with van der Waals surface area (Å²) < 4.78 is 10.7. The average Bonchev–Trinajstić information content (AvgIpc) is 2.75. The number of aromatic nitrogens is 2. The van der Waals surface area contributed by atoms with Crippen LogP contribution in [-0.2, 0) is 0 Å². The molecule has 29 heavy (non-hydrogen) atoms. The van der Waals surface area contributed by atoms with Crippen LogP contribution in [0.5, 0.6) is 11.5 Å². The molecule has 0 bridgehead atoms. The zero-order valence-corrected chi connectivity index (χ0v) is 16.1. The normalized spacial score (nSPS) is 10.1. The van der Waals surface area contributed by atoms with Gasteiger partial charge in [-0.15, -0.1) is 0 Å². The third-order valence-electron chi connectivity index (χ3n) is 3.97. The molecule has 0 spiro atoms. The first-order valence-corrected chi connectivity index (χ1v) is 8.92. The fourth-order valence-corrected chi connectivity index (χ4v) is 2.50. The Morgan fingerprint density at radius 3 is 2.52 bits per heavy atom. The SMILES string of the molecule is CCOc1ccccc1Nc1ncnc(NNC(=O)c2ccc(OC)cc2)c1N. The number of para-hydroxylation sites is 2. The number of carbonyl (C=O) groups excluding carboxylic acids is 1. The molecule has 0 saturated carbocycles. The first kappa shape index (κ1) is 19.7. The van der Waals surface area contributed by atoms with E-state index < -0.39 is 0 Å². The van der Waals surface area contributed by atoms with E-state index in [0.29, 0.717) is 35.2 Å². The van der Waals surface area contributed by atoms with E-state index >= 15 is 0 Å². The van der Waals surface area contributed by atoms with E-state index in [1.165, 1.54) is 6.33 Å². The van der Waals surface area contributed by atoms with Gasteiger partial charge >= 0.3 is 0 Å². The molecular formula is C20H22N6O3. The van der Waals surface area contributed by atoms with Crippen LogP contribution in [0.1, 0.15) is 17.3 Å². The maximum Gasteiger partial charge on any atom is 0.269 e. The van der Waals surface area contributed by atoms with Crippen LogP contribution >= 0.6 is 0 Å². The van der Waals surface area contributed by atoms with Crippen molar-refractivity contribution < 1.29 is 14.3 Å². The number of hydrogen-bond donors (Lipinski definition) is 4. The lowest BCUT2D eigenvalue weighted by molar-refractivity contribution is 0.0962. The number of nitrogens with zero attached hydrogens (tertiary/aromatic N) is 2. The third kappa shape index (κ3) is 4.83. The second-order valence-electron chi connectivity index (χ2n) is 5.85. The Hall–Kier alpha value is -4.01. The molecule has 0 atom stereocenters. The second-order valence-corrected chi connectivity index (χ2v) is 5.85. The van der Waals surface area contributed by atoms with Crippen LogP contribution < -0.4 is 31.4 Å². The van der Waals surface area contributed by atoms with Crippen LogP contribution in [0.3, 0.4) is 0 Å². The lowest BCUT2D eigenvalue weighted by atomic mass is 10.2. The minimum Gasteiger partial charge on any atom is -0.497 e. The summed E-state index contributed by atoms with van der Waals surface area (Å²) >= 11 is 0. The Morgan fingerprint density at radius 1 is 1.07 bits per heavy atom. The molecule has 0 radical (unpaired) electrons. The lowest BCUT2D eigenvalue weighted by Gasteiger charge is -2.15. The zero-order chi connectivity index (χ0) is 20.6. The summed E-state index contributed by atoms with van der Waals surface area (Å²) in [6.45, 7) is 2.44. The lowest BCUT2D eigenvalue weighted by Crippen LogP contribution is -2.30. The molecule has 3 aromatic rings. The molecule has 0 unspecified atom stereocenters. The van der Waals surface area contributed by atoms with Crippen molar-refractivity contribution in [2.24, 2.45) is 0 Å². The number of nitrogens with two attached hydrogens (primary N) is 1. The van der Waals surface area contributed by atoms with Gasteiger partial charge in [-0.1, -0.05) is 12.1 Å². The molecule has 1 aromatic heterocycles. The van der Waals surface area contributed by atoms with Gasteiger partial charge in [0.2, 0.25) is 0 Å². The minimum atomic E-state index is -0.345. The van der Waals surface area contributed by atoms with Crippen molar-refractivity contribution in [3.63, 3.8) is 0 Å². The highest BCUT2D eigenvalue weighted by atomic mass is 16.5. The van der Waals surface area contributed by atoms with E-state index in [0.717, 1.165) is 0 Å². The molecule has 0 saturated heterocycles. The van der Waals surface area contributed by atoms with Gasteiger partial charge in [-0.3, -0.25) is 15.6 Å². The molecule has 9 nitrogen and oxygen atoms in total. The predicted octanol–water partition coefficient (Wildman–Crippen LogP) is 2.97. The number of methoxy groups -OCH3 is 1. The summed E-state index contributed by atoms with van der Waals surface area (Å²) in [7, 11) is 1.56. The smallest absolute Gasteiger partial charge is 0.269 e. The summed E-state index contributed by atoms with van der Waals surface area (Å²) in [5.41, 5.74) is 12.9. The highest BCUT2D eigenvalue weighted by molar-refractivity contribution is 5.95. The molecule has 0 aliphatic rings. The fraction of sp³-hybridized carbons (Fsp3) is 0.150. The number of hydrazine groups is 1. The minimum absolute atomic E-state index is 0.244. The summed E-state index contributed by atoms with van der Waals surface area (Å²) in [5.74, 6) is 1.64. The van der Waals surface area contributed by atoms with E-state index in [2.05, 4.69) is 26.1 Å². The molecule has 0 aliphatic carbocycles. The van der Waals surface area contributed by atoms with Crippen molar-refractivity contribution in [2.45, 2.75) is 6.92 Å². The molecular weight excluding hydrogens is 372 g/mol. The largest absolute Gasteiger partial charge is 0.497 e. The topological polar surface area (TPSA) is 123 Å². The van der Waals surface area contributed by atoms with Gasteiger partial charge in [0.05, 0.1) is 19.4 Å². The standard InChI is InChI=1S/C20H22N6O3/c1-3-29-16-7-5-4-6-15(16)24-18-17(21)19(23-12-22-18)25-26-20(27)13-8-10-14(28-2)11-9-13/h4-12H,3,21H2,1-2H3,(H,26,27)(H2,22,23,24,25). The van der Waals surface area contributed by atoms with Crippen molar-refractivity contribution >= 4 is 28.9 Å². The number of nitrogen functional groups attached to an aromatic ring is 1. The number of hydrogen-bond acceptors (Lipinski definition) is 8. The van der Waals surface area contributed by atoms with Crippen LogP contribution in [-0.4, -0.2) is 29.6 Å². The van der Waals surface area contributed by atoms with Crippen LogP contribution in [0.15, 0.2) is 54.9 Å². The maximum atomic E-state index is 12.3. The Morgan fingerprint density at radius 2 is 1.79 bits per heavy atom. The van der Waals surface area contributed by atoms with E-state index in [4.69, 9.17) is 15.2 Å². The third-order valence-corrected chi connectivity index (χ3v) is 3.97. The van der Waals surface area contributed by atoms with Gasteiger partial charge in [0.15, 0.2) is 11.6 Å². The highest BCUT2D eigenvalue weighted by Crippen LogP contribution is 2.30. The first-order chi connectivity index (χ1) is 14.1. The molecule has 3 rings (SSSR count).